The SMILES string of the molecule is CCCCCCCCCCCC(CCCCCCCCc1ccccc1)C(=O)O. The highest BCUT2D eigenvalue weighted by atomic mass is 16.4. The molecule has 2 nitrogen and oxygen atoms in total. The average Bonchev–Trinajstić information content (AvgIpc) is 2.73. The third kappa shape index (κ3) is 15.2. The van der Waals surface area contributed by atoms with E-state index < -0.39 is 5.97 Å². The molecule has 0 aliphatic carbocycles. The maximum atomic E-state index is 11.5. The molecule has 0 spiro atoms. The van der Waals surface area contributed by atoms with Gasteiger partial charge in [-0.25, -0.2) is 0 Å². The Balaban J connectivity index is 1.93. The highest BCUT2D eigenvalue weighted by molar-refractivity contribution is 5.69. The first-order valence-corrected chi connectivity index (χ1v) is 12.5. The molecule has 166 valence electrons. The quantitative estimate of drug-likeness (QED) is 0.222. The molecule has 1 aromatic rings. The third-order valence-electron chi connectivity index (χ3n) is 6.12. The standard InChI is InChI=1S/C27H46O2/c1-2-3-4-5-6-7-8-12-18-23-26(27(28)29)24-19-13-10-9-11-15-20-25-21-16-14-17-22-25/h14,16-17,21-22,26H,2-13,15,18-20,23-24H2,1H3,(H,28,29). The monoisotopic (exact) mass is 402 g/mol. The van der Waals surface area contributed by atoms with Gasteiger partial charge in [-0.05, 0) is 31.2 Å². The molecule has 0 aliphatic heterocycles. The number of aryl methyl sites for hydroxylation is 1. The Morgan fingerprint density at radius 2 is 1.14 bits per heavy atom. The first kappa shape index (κ1) is 25.7. The maximum absolute atomic E-state index is 11.5. The van der Waals surface area contributed by atoms with E-state index in [0.29, 0.717) is 0 Å². The summed E-state index contributed by atoms with van der Waals surface area (Å²) < 4.78 is 0. The zero-order valence-electron chi connectivity index (χ0n) is 19.0. The average molecular weight is 403 g/mol. The van der Waals surface area contributed by atoms with Crippen molar-refractivity contribution in [2.24, 2.45) is 5.92 Å². The topological polar surface area (TPSA) is 37.3 Å². The number of aliphatic carboxylic acids is 1. The van der Waals surface area contributed by atoms with Crippen molar-refractivity contribution in [1.82, 2.24) is 0 Å². The molecule has 1 unspecified atom stereocenters. The van der Waals surface area contributed by atoms with Crippen LogP contribution in [0.25, 0.3) is 0 Å². The predicted octanol–water partition coefficient (Wildman–Crippen LogP) is 8.58. The van der Waals surface area contributed by atoms with Gasteiger partial charge in [-0.15, -0.1) is 0 Å². The molecule has 0 bridgehead atoms. The lowest BCUT2D eigenvalue weighted by Gasteiger charge is -2.12. The summed E-state index contributed by atoms with van der Waals surface area (Å²) in [5, 5.41) is 9.48. The van der Waals surface area contributed by atoms with Gasteiger partial charge in [0.2, 0.25) is 0 Å². The highest BCUT2D eigenvalue weighted by Gasteiger charge is 2.16. The van der Waals surface area contributed by atoms with Crippen molar-refractivity contribution in [3.63, 3.8) is 0 Å². The molecule has 1 rings (SSSR count). The number of hydrogen-bond donors (Lipinski definition) is 1. The number of rotatable bonds is 20. The normalized spacial score (nSPS) is 12.2. The van der Waals surface area contributed by atoms with E-state index in [-0.39, 0.29) is 5.92 Å². The summed E-state index contributed by atoms with van der Waals surface area (Å²) in [6.07, 6.45) is 22.0. The van der Waals surface area contributed by atoms with Gasteiger partial charge in [0.1, 0.15) is 0 Å². The fourth-order valence-corrected chi connectivity index (χ4v) is 4.16. The summed E-state index contributed by atoms with van der Waals surface area (Å²) in [5.74, 6) is -0.690. The smallest absolute Gasteiger partial charge is 0.306 e. The molecule has 0 heterocycles. The van der Waals surface area contributed by atoms with Crippen LogP contribution in [0, 0.1) is 5.92 Å². The molecule has 1 aromatic carbocycles. The molecule has 29 heavy (non-hydrogen) atoms. The molecule has 0 radical (unpaired) electrons. The van der Waals surface area contributed by atoms with Crippen LogP contribution in [0.3, 0.4) is 0 Å². The van der Waals surface area contributed by atoms with E-state index in [4.69, 9.17) is 0 Å². The van der Waals surface area contributed by atoms with Crippen molar-refractivity contribution in [1.29, 1.82) is 0 Å². The molecule has 1 atom stereocenters. The van der Waals surface area contributed by atoms with Crippen molar-refractivity contribution in [3.8, 4) is 0 Å². The minimum absolute atomic E-state index is 0.113. The first-order valence-electron chi connectivity index (χ1n) is 12.5. The minimum atomic E-state index is -0.576. The van der Waals surface area contributed by atoms with E-state index in [9.17, 15) is 9.90 Å². The summed E-state index contributed by atoms with van der Waals surface area (Å²) in [6.45, 7) is 2.26. The van der Waals surface area contributed by atoms with Crippen LogP contribution in [-0.2, 0) is 11.2 Å². The van der Waals surface area contributed by atoms with Crippen LogP contribution in [-0.4, -0.2) is 11.1 Å². The third-order valence-corrected chi connectivity index (χ3v) is 6.12. The summed E-state index contributed by atoms with van der Waals surface area (Å²) >= 11 is 0. The van der Waals surface area contributed by atoms with Gasteiger partial charge in [0, 0.05) is 0 Å². The van der Waals surface area contributed by atoms with Crippen molar-refractivity contribution in [3.05, 3.63) is 35.9 Å². The number of benzene rings is 1. The number of carboxylic acids is 1. The van der Waals surface area contributed by atoms with Crippen molar-refractivity contribution < 1.29 is 9.90 Å². The van der Waals surface area contributed by atoms with E-state index in [1.54, 1.807) is 0 Å². The van der Waals surface area contributed by atoms with Gasteiger partial charge in [0.25, 0.3) is 0 Å². The van der Waals surface area contributed by atoms with Gasteiger partial charge in [-0.3, -0.25) is 4.79 Å². The zero-order chi connectivity index (χ0) is 21.0. The zero-order valence-corrected chi connectivity index (χ0v) is 19.0. The van der Waals surface area contributed by atoms with Crippen LogP contribution in [0.1, 0.15) is 122 Å². The Hall–Kier alpha value is -1.31. The van der Waals surface area contributed by atoms with Crippen LogP contribution in [0.4, 0.5) is 0 Å². The molecular formula is C27H46O2. The summed E-state index contributed by atoms with van der Waals surface area (Å²) in [5.41, 5.74) is 1.44. The number of unbranched alkanes of at least 4 members (excludes halogenated alkanes) is 13. The molecule has 0 amide bonds. The van der Waals surface area contributed by atoms with Gasteiger partial charge in [0.15, 0.2) is 0 Å². The van der Waals surface area contributed by atoms with Crippen LogP contribution < -0.4 is 0 Å². The van der Waals surface area contributed by atoms with Crippen molar-refractivity contribution >= 4 is 5.97 Å². The molecule has 0 aromatic heterocycles. The molecular weight excluding hydrogens is 356 g/mol. The second-order valence-corrected chi connectivity index (χ2v) is 8.80. The summed E-state index contributed by atoms with van der Waals surface area (Å²) in [6, 6.07) is 10.7. The molecule has 0 saturated heterocycles. The lowest BCUT2D eigenvalue weighted by atomic mass is 9.94. The first-order chi connectivity index (χ1) is 14.2. The van der Waals surface area contributed by atoms with Crippen LogP contribution >= 0.6 is 0 Å². The lowest BCUT2D eigenvalue weighted by Crippen LogP contribution is -2.13. The Kier molecular flexibility index (Phi) is 16.6. The maximum Gasteiger partial charge on any atom is 0.306 e. The number of hydrogen-bond acceptors (Lipinski definition) is 1. The van der Waals surface area contributed by atoms with Gasteiger partial charge in [-0.2, -0.15) is 0 Å². The van der Waals surface area contributed by atoms with Crippen LogP contribution in [0.5, 0.6) is 0 Å². The minimum Gasteiger partial charge on any atom is -0.481 e. The van der Waals surface area contributed by atoms with Crippen LogP contribution in [0.2, 0.25) is 0 Å². The van der Waals surface area contributed by atoms with Gasteiger partial charge in [-0.1, -0.05) is 127 Å². The Labute approximate surface area is 180 Å². The van der Waals surface area contributed by atoms with Crippen molar-refractivity contribution in [2.45, 2.75) is 122 Å². The Morgan fingerprint density at radius 1 is 0.690 bits per heavy atom. The van der Waals surface area contributed by atoms with E-state index in [0.717, 1.165) is 25.7 Å². The predicted molar refractivity (Wildman–Crippen MR) is 125 cm³/mol. The van der Waals surface area contributed by atoms with Crippen LogP contribution in [0.15, 0.2) is 30.3 Å². The second-order valence-electron chi connectivity index (χ2n) is 8.80. The lowest BCUT2D eigenvalue weighted by molar-refractivity contribution is -0.142. The number of carbonyl (C=O) groups is 1. The second kappa shape index (κ2) is 18.7. The largest absolute Gasteiger partial charge is 0.481 e. The fraction of sp³-hybridized carbons (Fsp3) is 0.741. The van der Waals surface area contributed by atoms with Gasteiger partial charge in [0.05, 0.1) is 5.92 Å². The van der Waals surface area contributed by atoms with Gasteiger partial charge >= 0.3 is 5.97 Å². The van der Waals surface area contributed by atoms with Gasteiger partial charge < -0.3 is 5.11 Å². The molecule has 0 fully saturated rings. The molecule has 1 N–H and O–H groups in total. The van der Waals surface area contributed by atoms with E-state index in [1.165, 1.54) is 95.5 Å². The summed E-state index contributed by atoms with van der Waals surface area (Å²) in [7, 11) is 0. The summed E-state index contributed by atoms with van der Waals surface area (Å²) in [4.78, 5) is 11.5. The molecule has 2 heteroatoms. The number of carboxylic acid groups (broad SMARTS) is 1. The van der Waals surface area contributed by atoms with Crippen molar-refractivity contribution in [2.75, 3.05) is 0 Å². The van der Waals surface area contributed by atoms with E-state index in [2.05, 4.69) is 37.3 Å². The molecule has 0 aliphatic rings. The highest BCUT2D eigenvalue weighted by Crippen LogP contribution is 2.20. The molecule has 0 saturated carbocycles. The van der Waals surface area contributed by atoms with E-state index in [1.807, 2.05) is 0 Å². The van der Waals surface area contributed by atoms with E-state index >= 15 is 0 Å². The Bertz CT molecular complexity index is 483. The Morgan fingerprint density at radius 3 is 1.62 bits per heavy atom. The fourth-order valence-electron chi connectivity index (χ4n) is 4.16.